The third-order valence-electron chi connectivity index (χ3n) is 11.0. The summed E-state index contributed by atoms with van der Waals surface area (Å²) in [6.07, 6.45) is 3.54. The lowest BCUT2D eigenvalue weighted by Gasteiger charge is -2.58. The first-order valence-corrected chi connectivity index (χ1v) is 16.4. The van der Waals surface area contributed by atoms with Crippen LogP contribution in [0.5, 0.6) is 0 Å². The summed E-state index contributed by atoms with van der Waals surface area (Å²) in [6, 6.07) is 36.9. The minimum Gasteiger partial charge on any atom is -0.361 e. The van der Waals surface area contributed by atoms with E-state index in [0.717, 1.165) is 6.42 Å². The van der Waals surface area contributed by atoms with E-state index >= 15 is 0 Å². The Morgan fingerprint density at radius 3 is 1.68 bits per heavy atom. The number of para-hydroxylation sites is 2. The largest absolute Gasteiger partial charge is 0.361 e. The summed E-state index contributed by atoms with van der Waals surface area (Å²) in [5.41, 5.74) is 8.64. The number of hydrogen-bond acceptors (Lipinski definition) is 4. The molecule has 0 bridgehead atoms. The maximum absolute atomic E-state index is 2.65. The Bertz CT molecular complexity index is 1600. The van der Waals surface area contributed by atoms with E-state index in [9.17, 15) is 0 Å². The van der Waals surface area contributed by atoms with E-state index in [4.69, 9.17) is 0 Å². The van der Waals surface area contributed by atoms with Gasteiger partial charge in [0.1, 0.15) is 0 Å². The molecule has 202 valence electrons. The Labute approximate surface area is 247 Å². The number of rotatable bonds is 3. The van der Waals surface area contributed by atoms with Crippen molar-refractivity contribution in [1.29, 1.82) is 0 Å². The summed E-state index contributed by atoms with van der Waals surface area (Å²) in [6.45, 7) is 5.13. The van der Waals surface area contributed by atoms with Gasteiger partial charge in [-0.15, -0.1) is 0 Å². The van der Waals surface area contributed by atoms with Gasteiger partial charge in [0.25, 0.3) is 0 Å². The van der Waals surface area contributed by atoms with Gasteiger partial charge in [-0.05, 0) is 65.8 Å². The molecule has 1 fully saturated rings. The van der Waals surface area contributed by atoms with Crippen LogP contribution < -0.4 is 9.80 Å². The van der Waals surface area contributed by atoms with Gasteiger partial charge >= 0.3 is 0 Å². The predicted octanol–water partition coefficient (Wildman–Crippen LogP) is 9.29. The third-order valence-corrected chi connectivity index (χ3v) is 14.2. The van der Waals surface area contributed by atoms with Crippen molar-refractivity contribution in [1.82, 2.24) is 0 Å². The van der Waals surface area contributed by atoms with Gasteiger partial charge in [0.2, 0.25) is 0 Å². The number of hydrogen-bond donors (Lipinski definition) is 0. The van der Waals surface area contributed by atoms with Gasteiger partial charge in [-0.3, -0.25) is 0 Å². The van der Waals surface area contributed by atoms with Crippen molar-refractivity contribution in [2.45, 2.75) is 59.1 Å². The monoisotopic (exact) mass is 560 g/mol. The standard InChI is InChI=1S/C36H36N2S2/c1-5-35(33-38(4)29-19-11-13-21-31(29)40-33)23-22-34(2,32-37(3)28-18-10-12-20-30(28)39-32)36(35)26-16-8-6-14-24(26)25-15-7-9-17-27(25)36/h6-21,32-33H,5,22-23H2,1-4H3. The van der Waals surface area contributed by atoms with E-state index in [0.29, 0.717) is 10.7 Å². The lowest BCUT2D eigenvalue weighted by atomic mass is 9.50. The SMILES string of the molecule is CCC1(C2Sc3ccccc3N2C)CCC(C)(C2Sc3ccccc3N2C)C12c1ccccc1-c1ccccc12. The zero-order valence-electron chi connectivity index (χ0n) is 23.7. The Morgan fingerprint density at radius 2 is 1.12 bits per heavy atom. The van der Waals surface area contributed by atoms with Crippen LogP contribution in [-0.2, 0) is 5.41 Å². The van der Waals surface area contributed by atoms with Gasteiger partial charge < -0.3 is 9.80 Å². The third kappa shape index (κ3) is 2.80. The Balaban J connectivity index is 1.43. The first kappa shape index (κ1) is 24.9. The van der Waals surface area contributed by atoms with Crippen molar-refractivity contribution in [3.63, 3.8) is 0 Å². The Morgan fingerprint density at radius 1 is 0.650 bits per heavy atom. The molecule has 4 aliphatic rings. The minimum absolute atomic E-state index is 0.000325. The van der Waals surface area contributed by atoms with Crippen LogP contribution in [0.3, 0.4) is 0 Å². The zero-order chi connectivity index (χ0) is 27.3. The molecule has 0 radical (unpaired) electrons. The van der Waals surface area contributed by atoms with Crippen molar-refractivity contribution in [2.24, 2.45) is 10.8 Å². The van der Waals surface area contributed by atoms with Crippen LogP contribution in [0.1, 0.15) is 44.2 Å². The molecule has 1 saturated carbocycles. The highest BCUT2D eigenvalue weighted by Gasteiger charge is 2.74. The molecule has 0 aromatic heterocycles. The van der Waals surface area contributed by atoms with Crippen LogP contribution in [0.2, 0.25) is 0 Å². The Kier molecular flexibility index (Phi) is 5.36. The molecule has 4 unspecified atom stereocenters. The smallest absolute Gasteiger partial charge is 0.0862 e. The van der Waals surface area contributed by atoms with E-state index in [1.54, 1.807) is 11.1 Å². The van der Waals surface area contributed by atoms with Gasteiger partial charge in [0.05, 0.1) is 22.1 Å². The molecule has 4 aromatic rings. The first-order chi connectivity index (χ1) is 19.5. The molecule has 4 heteroatoms. The fourth-order valence-electron chi connectivity index (χ4n) is 9.44. The van der Waals surface area contributed by atoms with Gasteiger partial charge in [0.15, 0.2) is 0 Å². The molecule has 0 saturated heterocycles. The number of nitrogens with zero attached hydrogens (tertiary/aromatic N) is 2. The summed E-state index contributed by atoms with van der Waals surface area (Å²) < 4.78 is 0. The molecule has 4 atom stereocenters. The molecule has 0 N–H and O–H groups in total. The van der Waals surface area contributed by atoms with Crippen LogP contribution >= 0.6 is 23.5 Å². The van der Waals surface area contributed by atoms with Crippen molar-refractivity contribution < 1.29 is 0 Å². The lowest BCUT2D eigenvalue weighted by molar-refractivity contribution is 0.0935. The number of thioether (sulfide) groups is 2. The molecule has 1 spiro atoms. The molecular weight excluding hydrogens is 525 g/mol. The summed E-state index contributed by atoms with van der Waals surface area (Å²) in [7, 11) is 4.69. The average Bonchev–Trinajstić information content (AvgIpc) is 3.70. The molecule has 2 aliphatic heterocycles. The number of fused-ring (bicyclic) bond motifs is 7. The molecular formula is C36H36N2S2. The fourth-order valence-corrected chi connectivity index (χ4v) is 12.7. The van der Waals surface area contributed by atoms with E-state index in [1.165, 1.54) is 45.1 Å². The van der Waals surface area contributed by atoms with Crippen molar-refractivity contribution >= 4 is 34.9 Å². The van der Waals surface area contributed by atoms with Crippen LogP contribution in [0.15, 0.2) is 107 Å². The average molecular weight is 561 g/mol. The van der Waals surface area contributed by atoms with E-state index in [2.05, 4.69) is 158 Å². The summed E-state index contributed by atoms with van der Waals surface area (Å²) in [5, 5.41) is 0.701. The molecule has 40 heavy (non-hydrogen) atoms. The predicted molar refractivity (Wildman–Crippen MR) is 172 cm³/mol. The van der Waals surface area contributed by atoms with Gasteiger partial charge in [-0.1, -0.05) is 110 Å². The minimum atomic E-state index is -0.135. The van der Waals surface area contributed by atoms with Crippen LogP contribution in [0, 0.1) is 10.8 Å². The molecule has 2 aliphatic carbocycles. The maximum atomic E-state index is 2.65. The van der Waals surface area contributed by atoms with E-state index in [-0.39, 0.29) is 16.2 Å². The van der Waals surface area contributed by atoms with Crippen LogP contribution in [-0.4, -0.2) is 24.8 Å². The number of benzene rings is 4. The molecule has 4 aromatic carbocycles. The second-order valence-corrected chi connectivity index (χ2v) is 14.6. The van der Waals surface area contributed by atoms with Crippen LogP contribution in [0.4, 0.5) is 11.4 Å². The van der Waals surface area contributed by atoms with E-state index in [1.807, 2.05) is 0 Å². The van der Waals surface area contributed by atoms with Crippen molar-refractivity contribution in [3.8, 4) is 11.1 Å². The first-order valence-electron chi connectivity index (χ1n) is 14.6. The second-order valence-electron chi connectivity index (χ2n) is 12.4. The lowest BCUT2D eigenvalue weighted by Crippen LogP contribution is -2.61. The van der Waals surface area contributed by atoms with Crippen LogP contribution in [0.25, 0.3) is 11.1 Å². The molecule has 2 nitrogen and oxygen atoms in total. The highest BCUT2D eigenvalue weighted by Crippen LogP contribution is 2.78. The van der Waals surface area contributed by atoms with Gasteiger partial charge in [0, 0.05) is 40.1 Å². The molecule has 2 heterocycles. The van der Waals surface area contributed by atoms with Crippen molar-refractivity contribution in [3.05, 3.63) is 108 Å². The topological polar surface area (TPSA) is 6.48 Å². The quantitative estimate of drug-likeness (QED) is 0.246. The zero-order valence-corrected chi connectivity index (χ0v) is 25.4. The highest BCUT2D eigenvalue weighted by atomic mass is 32.2. The second kappa shape index (κ2) is 8.59. The van der Waals surface area contributed by atoms with Gasteiger partial charge in [-0.2, -0.15) is 0 Å². The normalized spacial score (nSPS) is 29.0. The number of anilines is 2. The summed E-state index contributed by atoms with van der Waals surface area (Å²) >= 11 is 4.21. The van der Waals surface area contributed by atoms with Crippen molar-refractivity contribution in [2.75, 3.05) is 23.9 Å². The molecule has 8 rings (SSSR count). The molecule has 0 amide bonds. The fraction of sp³-hybridized carbons (Fsp3) is 0.333. The summed E-state index contributed by atoms with van der Waals surface area (Å²) in [5.74, 6) is 0. The Hall–Kier alpha value is -2.82. The summed E-state index contributed by atoms with van der Waals surface area (Å²) in [4.78, 5) is 8.07. The maximum Gasteiger partial charge on any atom is 0.0862 e. The van der Waals surface area contributed by atoms with E-state index < -0.39 is 0 Å². The van der Waals surface area contributed by atoms with Gasteiger partial charge in [-0.25, -0.2) is 0 Å². The highest BCUT2D eigenvalue weighted by molar-refractivity contribution is 8.00.